The van der Waals surface area contributed by atoms with E-state index in [9.17, 15) is 5.11 Å². The summed E-state index contributed by atoms with van der Waals surface area (Å²) in [6.45, 7) is 0.973. The number of aromatic nitrogens is 2. The second-order valence-corrected chi connectivity index (χ2v) is 6.66. The van der Waals surface area contributed by atoms with Gasteiger partial charge in [-0.1, -0.05) is 12.2 Å². The molecule has 1 N–H and O–H groups in total. The van der Waals surface area contributed by atoms with Crippen molar-refractivity contribution in [1.82, 2.24) is 9.55 Å². The molecule has 2 bridgehead atoms. The number of ether oxygens (including phenoxy) is 1. The van der Waals surface area contributed by atoms with Gasteiger partial charge in [0, 0.05) is 25.0 Å². The topological polar surface area (TPSA) is 47.3 Å². The molecule has 2 aliphatic rings. The lowest BCUT2D eigenvalue weighted by atomic mass is 9.90. The molecule has 1 fully saturated rings. The number of fused-ring (bicyclic) bond motifs is 2. The maximum Gasteiger partial charge on any atom is 0.143 e. The third kappa shape index (κ3) is 2.62. The first-order valence-electron chi connectivity index (χ1n) is 8.31. The van der Waals surface area contributed by atoms with Crippen LogP contribution in [0.2, 0.25) is 0 Å². The van der Waals surface area contributed by atoms with Crippen LogP contribution in [0, 0.1) is 17.8 Å². The van der Waals surface area contributed by atoms with E-state index in [1.54, 1.807) is 19.2 Å². The Kier molecular flexibility index (Phi) is 3.60. The van der Waals surface area contributed by atoms with Crippen LogP contribution in [0.25, 0.3) is 11.4 Å². The van der Waals surface area contributed by atoms with Crippen LogP contribution in [0.4, 0.5) is 0 Å². The highest BCUT2D eigenvalue weighted by Gasteiger charge is 2.35. The van der Waals surface area contributed by atoms with Gasteiger partial charge < -0.3 is 14.4 Å². The number of hydrogen-bond acceptors (Lipinski definition) is 3. The van der Waals surface area contributed by atoms with Crippen molar-refractivity contribution in [3.05, 3.63) is 42.7 Å². The lowest BCUT2D eigenvalue weighted by Crippen LogP contribution is -2.11. The highest BCUT2D eigenvalue weighted by molar-refractivity contribution is 5.66. The fourth-order valence-electron chi connectivity index (χ4n) is 4.13. The molecule has 3 atom stereocenters. The maximum absolute atomic E-state index is 9.63. The van der Waals surface area contributed by atoms with E-state index in [4.69, 9.17) is 4.74 Å². The van der Waals surface area contributed by atoms with Crippen molar-refractivity contribution in [2.45, 2.75) is 25.8 Å². The van der Waals surface area contributed by atoms with E-state index in [0.29, 0.717) is 5.75 Å². The molecule has 1 saturated carbocycles. The molecule has 1 aromatic heterocycles. The third-order valence-corrected chi connectivity index (χ3v) is 5.30. The summed E-state index contributed by atoms with van der Waals surface area (Å²) in [5, 5.41) is 9.63. The van der Waals surface area contributed by atoms with Crippen molar-refractivity contribution in [1.29, 1.82) is 0 Å². The molecular weight excluding hydrogens is 288 g/mol. The van der Waals surface area contributed by atoms with Gasteiger partial charge in [-0.25, -0.2) is 4.98 Å². The fraction of sp³-hybridized carbons (Fsp3) is 0.421. The van der Waals surface area contributed by atoms with E-state index in [1.807, 2.05) is 18.5 Å². The van der Waals surface area contributed by atoms with Gasteiger partial charge in [0.05, 0.1) is 12.7 Å². The summed E-state index contributed by atoms with van der Waals surface area (Å²) < 4.78 is 7.60. The Morgan fingerprint density at radius 2 is 2.22 bits per heavy atom. The van der Waals surface area contributed by atoms with Gasteiger partial charge in [0.1, 0.15) is 17.3 Å². The molecular formula is C19H22N2O2. The van der Waals surface area contributed by atoms with E-state index in [0.717, 1.165) is 35.7 Å². The van der Waals surface area contributed by atoms with Crippen molar-refractivity contribution >= 4 is 0 Å². The first-order chi connectivity index (χ1) is 11.2. The Morgan fingerprint density at radius 3 is 2.96 bits per heavy atom. The summed E-state index contributed by atoms with van der Waals surface area (Å²) in [4.78, 5) is 4.51. The molecule has 4 rings (SSSR count). The minimum absolute atomic E-state index is 0.206. The molecule has 23 heavy (non-hydrogen) atoms. The fourth-order valence-corrected chi connectivity index (χ4v) is 4.13. The van der Waals surface area contributed by atoms with Gasteiger partial charge >= 0.3 is 0 Å². The summed E-state index contributed by atoms with van der Waals surface area (Å²) in [5.74, 6) is 4.18. The number of aromatic hydroxyl groups is 1. The summed E-state index contributed by atoms with van der Waals surface area (Å²) >= 11 is 0. The molecule has 4 heteroatoms. The van der Waals surface area contributed by atoms with Gasteiger partial charge in [0.15, 0.2) is 0 Å². The Balaban J connectivity index is 1.53. The molecule has 120 valence electrons. The van der Waals surface area contributed by atoms with Gasteiger partial charge in [0.25, 0.3) is 0 Å². The number of rotatable bonds is 5. The number of phenols is 1. The average molecular weight is 310 g/mol. The van der Waals surface area contributed by atoms with Crippen LogP contribution in [0.1, 0.15) is 19.3 Å². The van der Waals surface area contributed by atoms with E-state index in [1.165, 1.54) is 19.3 Å². The lowest BCUT2D eigenvalue weighted by Gasteiger charge is -2.19. The van der Waals surface area contributed by atoms with Gasteiger partial charge in [-0.2, -0.15) is 0 Å². The smallest absolute Gasteiger partial charge is 0.143 e. The first kappa shape index (κ1) is 14.4. The van der Waals surface area contributed by atoms with E-state index < -0.39 is 0 Å². The highest BCUT2D eigenvalue weighted by Crippen LogP contribution is 2.45. The van der Waals surface area contributed by atoms with E-state index >= 15 is 0 Å². The quantitative estimate of drug-likeness (QED) is 0.853. The van der Waals surface area contributed by atoms with Crippen molar-refractivity contribution in [3.8, 4) is 22.9 Å². The minimum Gasteiger partial charge on any atom is -0.508 e. The molecule has 0 saturated heterocycles. The maximum atomic E-state index is 9.63. The average Bonchev–Trinajstić information content (AvgIpc) is 3.29. The van der Waals surface area contributed by atoms with Gasteiger partial charge in [-0.05, 0) is 49.1 Å². The second kappa shape index (κ2) is 5.76. The Labute approximate surface area is 136 Å². The molecule has 0 amide bonds. The minimum atomic E-state index is 0.206. The third-order valence-electron chi connectivity index (χ3n) is 5.30. The molecule has 4 nitrogen and oxygen atoms in total. The molecule has 0 aliphatic heterocycles. The summed E-state index contributed by atoms with van der Waals surface area (Å²) in [7, 11) is 1.62. The number of nitrogens with zero attached hydrogens (tertiary/aromatic N) is 2. The molecule has 2 aliphatic carbocycles. The van der Waals surface area contributed by atoms with Crippen LogP contribution in [0.3, 0.4) is 0 Å². The monoisotopic (exact) mass is 310 g/mol. The zero-order chi connectivity index (χ0) is 15.8. The van der Waals surface area contributed by atoms with Crippen LogP contribution in [0.15, 0.2) is 42.7 Å². The summed E-state index contributed by atoms with van der Waals surface area (Å²) in [5.41, 5.74) is 0.920. The summed E-state index contributed by atoms with van der Waals surface area (Å²) in [6, 6.07) is 5.18. The number of aryl methyl sites for hydroxylation is 1. The molecule has 2 aromatic rings. The number of imidazole rings is 1. The van der Waals surface area contributed by atoms with Crippen LogP contribution in [-0.4, -0.2) is 21.8 Å². The second-order valence-electron chi connectivity index (χ2n) is 6.66. The van der Waals surface area contributed by atoms with E-state index in [-0.39, 0.29) is 5.75 Å². The zero-order valence-electron chi connectivity index (χ0n) is 13.4. The van der Waals surface area contributed by atoms with Crippen molar-refractivity contribution in [3.63, 3.8) is 0 Å². The Bertz CT molecular complexity index is 735. The van der Waals surface area contributed by atoms with Crippen molar-refractivity contribution < 1.29 is 9.84 Å². The number of benzene rings is 1. The number of allylic oxidation sites excluding steroid dienone is 2. The largest absolute Gasteiger partial charge is 0.508 e. The number of phenolic OH excluding ortho intramolecular Hbond substituents is 1. The lowest BCUT2D eigenvalue weighted by molar-refractivity contribution is 0.388. The Morgan fingerprint density at radius 1 is 1.30 bits per heavy atom. The number of hydrogen-bond donors (Lipinski definition) is 1. The normalized spacial score (nSPS) is 25.2. The van der Waals surface area contributed by atoms with Crippen LogP contribution in [0.5, 0.6) is 11.5 Å². The SMILES string of the molecule is COc1cc(O)ccc1-c1nccn1CC[C@@H]1C[C@@H]2C=C[C@H]1C2. The van der Waals surface area contributed by atoms with Crippen LogP contribution in [-0.2, 0) is 6.54 Å². The predicted molar refractivity (Wildman–Crippen MR) is 89.3 cm³/mol. The molecule has 0 radical (unpaired) electrons. The molecule has 0 unspecified atom stereocenters. The van der Waals surface area contributed by atoms with E-state index in [2.05, 4.69) is 21.7 Å². The van der Waals surface area contributed by atoms with Crippen LogP contribution < -0.4 is 4.74 Å². The standard InChI is InChI=1S/C19H22N2O2/c1-23-18-12-16(22)4-5-17(18)19-20-7-9-21(19)8-6-15-11-13-2-3-14(15)10-13/h2-5,7,9,12-15,22H,6,8,10-11H2,1H3/t13-,14+,15-/m1/s1. The van der Waals surface area contributed by atoms with Crippen molar-refractivity contribution in [2.75, 3.05) is 7.11 Å². The number of methoxy groups -OCH3 is 1. The molecule has 1 heterocycles. The summed E-state index contributed by atoms with van der Waals surface area (Å²) in [6.07, 6.45) is 12.6. The van der Waals surface area contributed by atoms with Crippen molar-refractivity contribution in [2.24, 2.45) is 17.8 Å². The molecule has 1 aromatic carbocycles. The Hall–Kier alpha value is -2.23. The van der Waals surface area contributed by atoms with Gasteiger partial charge in [-0.3, -0.25) is 0 Å². The highest BCUT2D eigenvalue weighted by atomic mass is 16.5. The van der Waals surface area contributed by atoms with Gasteiger partial charge in [-0.15, -0.1) is 0 Å². The predicted octanol–water partition coefficient (Wildman–Crippen LogP) is 3.87. The van der Waals surface area contributed by atoms with Crippen LogP contribution >= 0.6 is 0 Å². The van der Waals surface area contributed by atoms with Gasteiger partial charge in [0.2, 0.25) is 0 Å². The molecule has 0 spiro atoms. The zero-order valence-corrected chi connectivity index (χ0v) is 13.4. The first-order valence-corrected chi connectivity index (χ1v) is 8.31.